The van der Waals surface area contributed by atoms with E-state index < -0.39 is 24.3 Å². The van der Waals surface area contributed by atoms with Crippen LogP contribution in [0.15, 0.2) is 29.8 Å². The van der Waals surface area contributed by atoms with E-state index in [9.17, 15) is 24.9 Å². The Morgan fingerprint density at radius 3 is 2.42 bits per heavy atom. The summed E-state index contributed by atoms with van der Waals surface area (Å²) in [6.45, 7) is 3.00. The minimum atomic E-state index is -1.10. The SMILES string of the molecule is CCOC(=O)c1sc(CC(=O)/C(C#N)=C/c2ccc(OCC(=O)O)cc2)c(C#N)c1C. The van der Waals surface area contributed by atoms with Crippen LogP contribution >= 0.6 is 11.3 Å². The van der Waals surface area contributed by atoms with Crippen LogP contribution in [0.5, 0.6) is 5.75 Å². The second kappa shape index (κ2) is 10.7. The number of ketones is 1. The van der Waals surface area contributed by atoms with E-state index in [4.69, 9.17) is 14.6 Å². The van der Waals surface area contributed by atoms with Crippen molar-refractivity contribution in [3.05, 3.63) is 56.3 Å². The molecule has 2 rings (SSSR count). The van der Waals surface area contributed by atoms with E-state index in [0.717, 1.165) is 11.3 Å². The zero-order valence-electron chi connectivity index (χ0n) is 16.8. The number of carboxylic acids is 1. The first kappa shape index (κ1) is 23.3. The average molecular weight is 438 g/mol. The molecule has 0 aliphatic rings. The van der Waals surface area contributed by atoms with Crippen LogP contribution in [0.4, 0.5) is 0 Å². The third-order valence-corrected chi connectivity index (χ3v) is 5.36. The molecule has 0 aliphatic heterocycles. The van der Waals surface area contributed by atoms with Gasteiger partial charge < -0.3 is 14.6 Å². The molecule has 9 heteroatoms. The van der Waals surface area contributed by atoms with Crippen molar-refractivity contribution in [3.8, 4) is 17.9 Å². The predicted octanol–water partition coefficient (Wildman–Crippen LogP) is 3.29. The van der Waals surface area contributed by atoms with Crippen molar-refractivity contribution < 1.29 is 29.0 Å². The quantitative estimate of drug-likeness (QED) is 0.358. The van der Waals surface area contributed by atoms with Gasteiger partial charge in [0.2, 0.25) is 0 Å². The fraction of sp³-hybridized carbons (Fsp3) is 0.227. The third kappa shape index (κ3) is 6.01. The number of carbonyl (C=O) groups excluding carboxylic acids is 2. The lowest BCUT2D eigenvalue weighted by atomic mass is 10.0. The molecule has 0 bridgehead atoms. The average Bonchev–Trinajstić information content (AvgIpc) is 3.06. The summed E-state index contributed by atoms with van der Waals surface area (Å²) in [7, 11) is 0. The van der Waals surface area contributed by atoms with E-state index >= 15 is 0 Å². The van der Waals surface area contributed by atoms with E-state index in [2.05, 4.69) is 0 Å². The molecule has 1 heterocycles. The Morgan fingerprint density at radius 1 is 1.19 bits per heavy atom. The topological polar surface area (TPSA) is 137 Å². The van der Waals surface area contributed by atoms with Gasteiger partial charge in [0.25, 0.3) is 0 Å². The number of rotatable bonds is 9. The van der Waals surface area contributed by atoms with Crippen molar-refractivity contribution in [2.45, 2.75) is 20.3 Å². The van der Waals surface area contributed by atoms with Crippen LogP contribution in [0.2, 0.25) is 0 Å². The summed E-state index contributed by atoms with van der Waals surface area (Å²) < 4.78 is 10.0. The van der Waals surface area contributed by atoms with Gasteiger partial charge in [0.05, 0.1) is 17.7 Å². The van der Waals surface area contributed by atoms with Gasteiger partial charge in [-0.05, 0) is 43.2 Å². The van der Waals surface area contributed by atoms with Crippen molar-refractivity contribution in [1.29, 1.82) is 10.5 Å². The second-order valence-corrected chi connectivity index (χ2v) is 7.31. The molecule has 0 fully saturated rings. The lowest BCUT2D eigenvalue weighted by Gasteiger charge is -2.03. The Balaban J connectivity index is 2.23. The number of hydrogen-bond donors (Lipinski definition) is 1. The first-order chi connectivity index (χ1) is 14.8. The lowest BCUT2D eigenvalue weighted by Crippen LogP contribution is -2.09. The molecule has 1 aromatic carbocycles. The Morgan fingerprint density at radius 2 is 1.87 bits per heavy atom. The van der Waals surface area contributed by atoms with Gasteiger partial charge in [-0.25, -0.2) is 9.59 Å². The number of hydrogen-bond acceptors (Lipinski definition) is 8. The highest BCUT2D eigenvalue weighted by Crippen LogP contribution is 2.29. The van der Waals surface area contributed by atoms with E-state index in [0.29, 0.717) is 21.8 Å². The molecule has 0 aliphatic carbocycles. The van der Waals surface area contributed by atoms with Crippen LogP contribution in [0.3, 0.4) is 0 Å². The molecule has 0 spiro atoms. The van der Waals surface area contributed by atoms with Gasteiger partial charge in [-0.2, -0.15) is 10.5 Å². The molecule has 158 valence electrons. The Bertz CT molecular complexity index is 1120. The fourth-order valence-electron chi connectivity index (χ4n) is 2.62. The summed E-state index contributed by atoms with van der Waals surface area (Å²) in [4.78, 5) is 35.9. The van der Waals surface area contributed by atoms with Crippen LogP contribution < -0.4 is 4.74 Å². The fourth-order valence-corrected chi connectivity index (χ4v) is 3.77. The predicted molar refractivity (Wildman–Crippen MR) is 112 cm³/mol. The molecule has 2 aromatic rings. The van der Waals surface area contributed by atoms with Gasteiger partial charge in [0.1, 0.15) is 22.8 Å². The smallest absolute Gasteiger partial charge is 0.348 e. The summed E-state index contributed by atoms with van der Waals surface area (Å²) in [5.41, 5.74) is 1.11. The first-order valence-corrected chi connectivity index (χ1v) is 9.91. The Labute approximate surface area is 182 Å². The maximum Gasteiger partial charge on any atom is 0.348 e. The molecule has 0 unspecified atom stereocenters. The molecule has 1 aromatic heterocycles. The molecule has 0 amide bonds. The zero-order valence-corrected chi connectivity index (χ0v) is 17.6. The van der Waals surface area contributed by atoms with Crippen molar-refractivity contribution >= 4 is 35.1 Å². The van der Waals surface area contributed by atoms with Gasteiger partial charge in [0, 0.05) is 11.3 Å². The molecular weight excluding hydrogens is 420 g/mol. The first-order valence-electron chi connectivity index (χ1n) is 9.09. The number of aliphatic carboxylic acids is 1. The molecule has 31 heavy (non-hydrogen) atoms. The van der Waals surface area contributed by atoms with E-state index in [1.807, 2.05) is 12.1 Å². The lowest BCUT2D eigenvalue weighted by molar-refractivity contribution is -0.139. The van der Waals surface area contributed by atoms with Crippen LogP contribution in [0, 0.1) is 29.6 Å². The number of esters is 1. The largest absolute Gasteiger partial charge is 0.482 e. The molecule has 1 N–H and O–H groups in total. The second-order valence-electron chi connectivity index (χ2n) is 6.21. The zero-order chi connectivity index (χ0) is 23.0. The number of nitriles is 2. The summed E-state index contributed by atoms with van der Waals surface area (Å²) in [5.74, 6) is -1.82. The van der Waals surface area contributed by atoms with Crippen molar-refractivity contribution in [2.75, 3.05) is 13.2 Å². The summed E-state index contributed by atoms with van der Waals surface area (Å²) in [5, 5.41) is 27.5. The number of ether oxygens (including phenoxy) is 2. The highest BCUT2D eigenvalue weighted by Gasteiger charge is 2.23. The summed E-state index contributed by atoms with van der Waals surface area (Å²) in [6.07, 6.45) is 1.19. The van der Waals surface area contributed by atoms with Crippen LogP contribution in [-0.2, 0) is 20.7 Å². The minimum Gasteiger partial charge on any atom is -0.482 e. The molecule has 0 radical (unpaired) electrons. The molecule has 0 atom stereocenters. The normalized spacial score (nSPS) is 10.6. The number of nitrogens with zero attached hydrogens (tertiary/aromatic N) is 2. The number of thiophene rings is 1. The Kier molecular flexibility index (Phi) is 8.07. The maximum absolute atomic E-state index is 12.7. The maximum atomic E-state index is 12.7. The van der Waals surface area contributed by atoms with E-state index in [1.54, 1.807) is 26.0 Å². The van der Waals surface area contributed by atoms with Crippen LogP contribution in [-0.4, -0.2) is 36.0 Å². The number of Topliss-reactive ketones (excluding diaryl/α,β-unsaturated/α-hetero) is 1. The molecule has 0 saturated heterocycles. The molecule has 0 saturated carbocycles. The standard InChI is InChI=1S/C22H18N2O6S/c1-3-29-22(28)21-13(2)17(11-24)19(31-21)9-18(25)15(10-23)8-14-4-6-16(7-5-14)30-12-20(26)27/h4-8H,3,9,12H2,1-2H3,(H,26,27)/b15-8+. The monoisotopic (exact) mass is 438 g/mol. The van der Waals surface area contributed by atoms with E-state index in [1.165, 1.54) is 18.2 Å². The van der Waals surface area contributed by atoms with Crippen LogP contribution in [0.1, 0.15) is 38.2 Å². The van der Waals surface area contributed by atoms with Gasteiger partial charge in [0.15, 0.2) is 12.4 Å². The van der Waals surface area contributed by atoms with Gasteiger partial charge in [-0.15, -0.1) is 11.3 Å². The van der Waals surface area contributed by atoms with Gasteiger partial charge in [-0.3, -0.25) is 4.79 Å². The van der Waals surface area contributed by atoms with Crippen molar-refractivity contribution in [1.82, 2.24) is 0 Å². The van der Waals surface area contributed by atoms with Crippen molar-refractivity contribution in [2.24, 2.45) is 0 Å². The van der Waals surface area contributed by atoms with Gasteiger partial charge in [-0.1, -0.05) is 12.1 Å². The van der Waals surface area contributed by atoms with E-state index in [-0.39, 0.29) is 29.0 Å². The molecule has 8 nitrogen and oxygen atoms in total. The minimum absolute atomic E-state index is 0.119. The van der Waals surface area contributed by atoms with Crippen LogP contribution in [0.25, 0.3) is 6.08 Å². The highest BCUT2D eigenvalue weighted by atomic mass is 32.1. The molecular formula is C22H18N2O6S. The number of carboxylic acid groups (broad SMARTS) is 1. The number of benzene rings is 1. The summed E-state index contributed by atoms with van der Waals surface area (Å²) >= 11 is 1.01. The van der Waals surface area contributed by atoms with Crippen molar-refractivity contribution in [3.63, 3.8) is 0 Å². The van der Waals surface area contributed by atoms with Gasteiger partial charge >= 0.3 is 11.9 Å². The number of allylic oxidation sites excluding steroid dienone is 1. The third-order valence-electron chi connectivity index (χ3n) is 4.09. The Hall–Kier alpha value is -3.95. The summed E-state index contributed by atoms with van der Waals surface area (Å²) in [6, 6.07) is 10.1. The highest BCUT2D eigenvalue weighted by molar-refractivity contribution is 7.14. The number of carbonyl (C=O) groups is 3.